The molecule has 72 valence electrons. The van der Waals surface area contributed by atoms with Crippen molar-refractivity contribution in [2.45, 2.75) is 20.0 Å². The van der Waals surface area contributed by atoms with Crippen molar-refractivity contribution in [3.8, 4) is 11.5 Å². The van der Waals surface area contributed by atoms with Gasteiger partial charge in [0.1, 0.15) is 0 Å². The molecule has 0 unspecified atom stereocenters. The van der Waals surface area contributed by atoms with Crippen molar-refractivity contribution in [2.75, 3.05) is 0 Å². The van der Waals surface area contributed by atoms with E-state index in [4.69, 9.17) is 21.4 Å². The zero-order valence-corrected chi connectivity index (χ0v) is 8.10. The van der Waals surface area contributed by atoms with Crippen LogP contribution in [-0.4, -0.2) is 11.2 Å². The molecule has 0 aliphatic rings. The molecule has 0 fully saturated rings. The van der Waals surface area contributed by atoms with E-state index < -0.39 is 11.6 Å². The standard InChI is InChI=1S/C9H10ClFO2/c1-5(2)13-9-6(10)3-4-7(12)8(9)11/h3-5,12H,1-2H3. The Morgan fingerprint density at radius 3 is 2.62 bits per heavy atom. The number of halogens is 2. The van der Waals surface area contributed by atoms with Crippen molar-refractivity contribution in [1.29, 1.82) is 0 Å². The number of phenolic OH excluding ortho intramolecular Hbond substituents is 1. The average molecular weight is 205 g/mol. The summed E-state index contributed by atoms with van der Waals surface area (Å²) < 4.78 is 18.3. The van der Waals surface area contributed by atoms with Gasteiger partial charge in [0, 0.05) is 0 Å². The highest BCUT2D eigenvalue weighted by molar-refractivity contribution is 6.32. The van der Waals surface area contributed by atoms with Gasteiger partial charge in [0.05, 0.1) is 11.1 Å². The Bertz CT molecular complexity index is 313. The highest BCUT2D eigenvalue weighted by Crippen LogP contribution is 2.33. The molecule has 0 atom stereocenters. The Morgan fingerprint density at radius 2 is 2.08 bits per heavy atom. The highest BCUT2D eigenvalue weighted by Gasteiger charge is 2.14. The second kappa shape index (κ2) is 3.83. The molecule has 13 heavy (non-hydrogen) atoms. The van der Waals surface area contributed by atoms with E-state index in [2.05, 4.69) is 0 Å². The van der Waals surface area contributed by atoms with Gasteiger partial charge in [-0.2, -0.15) is 4.39 Å². The molecule has 0 spiro atoms. The fourth-order valence-electron chi connectivity index (χ4n) is 0.866. The van der Waals surface area contributed by atoms with Gasteiger partial charge in [-0.25, -0.2) is 0 Å². The number of hydrogen-bond donors (Lipinski definition) is 1. The minimum atomic E-state index is -0.818. The summed E-state index contributed by atoms with van der Waals surface area (Å²) in [5, 5.41) is 9.18. The summed E-state index contributed by atoms with van der Waals surface area (Å²) in [7, 11) is 0. The van der Waals surface area contributed by atoms with Crippen molar-refractivity contribution in [3.05, 3.63) is 23.0 Å². The van der Waals surface area contributed by atoms with Gasteiger partial charge in [0.2, 0.25) is 5.82 Å². The van der Waals surface area contributed by atoms with E-state index in [1.165, 1.54) is 12.1 Å². The monoisotopic (exact) mass is 204 g/mol. The molecule has 0 heterocycles. The first-order valence-corrected chi connectivity index (χ1v) is 4.23. The number of benzene rings is 1. The molecule has 2 nitrogen and oxygen atoms in total. The molecule has 0 bridgehead atoms. The Labute approximate surface area is 80.9 Å². The van der Waals surface area contributed by atoms with E-state index >= 15 is 0 Å². The maximum Gasteiger partial charge on any atom is 0.208 e. The number of ether oxygens (including phenoxy) is 1. The van der Waals surface area contributed by atoms with Crippen molar-refractivity contribution < 1.29 is 14.2 Å². The van der Waals surface area contributed by atoms with Gasteiger partial charge in [0.15, 0.2) is 11.5 Å². The minimum Gasteiger partial charge on any atom is -0.505 e. The lowest BCUT2D eigenvalue weighted by Gasteiger charge is -2.12. The van der Waals surface area contributed by atoms with Crippen molar-refractivity contribution >= 4 is 11.6 Å². The van der Waals surface area contributed by atoms with Crippen LogP contribution in [0, 0.1) is 5.82 Å². The van der Waals surface area contributed by atoms with E-state index in [1.54, 1.807) is 13.8 Å². The van der Waals surface area contributed by atoms with Gasteiger partial charge in [-0.05, 0) is 26.0 Å². The maximum absolute atomic E-state index is 13.2. The molecule has 0 aromatic heterocycles. The lowest BCUT2D eigenvalue weighted by molar-refractivity contribution is 0.228. The van der Waals surface area contributed by atoms with Crippen molar-refractivity contribution in [1.82, 2.24) is 0 Å². The largest absolute Gasteiger partial charge is 0.505 e. The van der Waals surface area contributed by atoms with Gasteiger partial charge < -0.3 is 9.84 Å². The Kier molecular flexibility index (Phi) is 2.98. The van der Waals surface area contributed by atoms with E-state index in [0.29, 0.717) is 0 Å². The van der Waals surface area contributed by atoms with E-state index in [0.717, 1.165) is 0 Å². The minimum absolute atomic E-state index is 0.100. The number of aromatic hydroxyl groups is 1. The molecule has 0 aliphatic heterocycles. The first kappa shape index (κ1) is 10.1. The zero-order valence-electron chi connectivity index (χ0n) is 7.34. The van der Waals surface area contributed by atoms with Gasteiger partial charge in [-0.15, -0.1) is 0 Å². The fourth-order valence-corrected chi connectivity index (χ4v) is 1.06. The summed E-state index contributed by atoms with van der Waals surface area (Å²) in [5.41, 5.74) is 0. The van der Waals surface area contributed by atoms with Crippen molar-refractivity contribution in [2.24, 2.45) is 0 Å². The molecule has 0 saturated carbocycles. The molecule has 0 amide bonds. The smallest absolute Gasteiger partial charge is 0.208 e. The van der Waals surface area contributed by atoms with Crippen LogP contribution in [0.1, 0.15) is 13.8 Å². The molecule has 0 saturated heterocycles. The molecule has 0 radical (unpaired) electrons. The third kappa shape index (κ3) is 2.25. The fraction of sp³-hybridized carbons (Fsp3) is 0.333. The van der Waals surface area contributed by atoms with Gasteiger partial charge in [0.25, 0.3) is 0 Å². The number of hydrogen-bond acceptors (Lipinski definition) is 2. The van der Waals surface area contributed by atoms with Gasteiger partial charge in [-0.3, -0.25) is 0 Å². The first-order chi connectivity index (χ1) is 6.02. The Morgan fingerprint density at radius 1 is 1.46 bits per heavy atom. The molecule has 1 aromatic carbocycles. The molecule has 4 heteroatoms. The van der Waals surface area contributed by atoms with Crippen LogP contribution in [0.5, 0.6) is 11.5 Å². The van der Waals surface area contributed by atoms with Crippen LogP contribution >= 0.6 is 11.6 Å². The SMILES string of the molecule is CC(C)Oc1c(Cl)ccc(O)c1F. The van der Waals surface area contributed by atoms with Crippen LogP contribution in [0.4, 0.5) is 4.39 Å². The normalized spacial score (nSPS) is 10.5. The Balaban J connectivity index is 3.10. The predicted octanol–water partition coefficient (Wildman–Crippen LogP) is 2.97. The second-order valence-electron chi connectivity index (χ2n) is 2.88. The third-order valence-electron chi connectivity index (χ3n) is 1.38. The zero-order chi connectivity index (χ0) is 10.0. The molecular formula is C9H10ClFO2. The van der Waals surface area contributed by atoms with Crippen LogP contribution < -0.4 is 4.74 Å². The summed E-state index contributed by atoms with van der Waals surface area (Å²) in [6.45, 7) is 3.50. The quantitative estimate of drug-likeness (QED) is 0.803. The summed E-state index contributed by atoms with van der Waals surface area (Å²) in [5.74, 6) is -1.38. The average Bonchev–Trinajstić information content (AvgIpc) is 2.05. The van der Waals surface area contributed by atoms with E-state index in [9.17, 15) is 4.39 Å². The number of rotatable bonds is 2. The third-order valence-corrected chi connectivity index (χ3v) is 1.68. The number of phenols is 1. The summed E-state index contributed by atoms with van der Waals surface area (Å²) >= 11 is 5.67. The molecule has 1 N–H and O–H groups in total. The second-order valence-corrected chi connectivity index (χ2v) is 3.28. The van der Waals surface area contributed by atoms with Crippen LogP contribution in [0.25, 0.3) is 0 Å². The summed E-state index contributed by atoms with van der Waals surface area (Å²) in [4.78, 5) is 0. The lowest BCUT2D eigenvalue weighted by atomic mass is 10.3. The predicted molar refractivity (Wildman–Crippen MR) is 48.8 cm³/mol. The van der Waals surface area contributed by atoms with Crippen molar-refractivity contribution in [3.63, 3.8) is 0 Å². The van der Waals surface area contributed by atoms with E-state index in [-0.39, 0.29) is 16.9 Å². The Hall–Kier alpha value is -0.960. The highest BCUT2D eigenvalue weighted by atomic mass is 35.5. The first-order valence-electron chi connectivity index (χ1n) is 3.86. The van der Waals surface area contributed by atoms with Gasteiger partial charge >= 0.3 is 0 Å². The summed E-state index contributed by atoms with van der Waals surface area (Å²) in [6, 6.07) is 2.57. The lowest BCUT2D eigenvalue weighted by Crippen LogP contribution is -2.07. The maximum atomic E-state index is 13.2. The molecule has 0 aliphatic carbocycles. The van der Waals surface area contributed by atoms with E-state index in [1.807, 2.05) is 0 Å². The molecular weight excluding hydrogens is 195 g/mol. The molecule has 1 rings (SSSR count). The van der Waals surface area contributed by atoms with Crippen LogP contribution in [0.2, 0.25) is 5.02 Å². The summed E-state index contributed by atoms with van der Waals surface area (Å²) in [6.07, 6.45) is -0.186. The van der Waals surface area contributed by atoms with Crippen LogP contribution in [0.15, 0.2) is 12.1 Å². The van der Waals surface area contributed by atoms with Crippen LogP contribution in [-0.2, 0) is 0 Å². The van der Waals surface area contributed by atoms with Gasteiger partial charge in [-0.1, -0.05) is 11.6 Å². The van der Waals surface area contributed by atoms with Crippen LogP contribution in [0.3, 0.4) is 0 Å². The molecule has 1 aromatic rings. The topological polar surface area (TPSA) is 29.5 Å².